The first-order valence-electron chi connectivity index (χ1n) is 5.92. The fourth-order valence-corrected chi connectivity index (χ4v) is 2.05. The summed E-state index contributed by atoms with van der Waals surface area (Å²) in [6, 6.07) is 4.73. The minimum Gasteiger partial charge on any atom is -0.378 e. The molecule has 0 fully saturated rings. The summed E-state index contributed by atoms with van der Waals surface area (Å²) in [6.45, 7) is 0.481. The average molecular weight is 356 g/mol. The van der Waals surface area contributed by atoms with Crippen molar-refractivity contribution in [1.29, 1.82) is 0 Å². The van der Waals surface area contributed by atoms with Gasteiger partial charge in [0.15, 0.2) is 0 Å². The Hall–Kier alpha value is -2.29. The summed E-state index contributed by atoms with van der Waals surface area (Å²) in [5, 5.41) is 13.5. The molecule has 0 saturated heterocycles. The Bertz CT molecular complexity index is 683. The number of benzene rings is 1. The predicted molar refractivity (Wildman–Crippen MR) is 79.4 cm³/mol. The number of anilines is 2. The number of halogens is 2. The molecule has 0 atom stereocenters. The van der Waals surface area contributed by atoms with Gasteiger partial charge < -0.3 is 11.1 Å². The minimum absolute atomic E-state index is 0.193. The number of nitrogen functional groups attached to an aromatic ring is 1. The number of nitrogens with two attached hydrogens (primary N) is 1. The summed E-state index contributed by atoms with van der Waals surface area (Å²) in [5.41, 5.74) is 6.05. The van der Waals surface area contributed by atoms with Crippen LogP contribution in [0.5, 0.6) is 0 Å². The van der Waals surface area contributed by atoms with Crippen molar-refractivity contribution in [3.05, 3.63) is 50.4 Å². The number of hydrogen-bond acceptors (Lipinski definition) is 6. The molecule has 7 nitrogen and oxygen atoms in total. The monoisotopic (exact) mass is 355 g/mol. The number of aromatic nitrogens is 2. The van der Waals surface area contributed by atoms with E-state index in [4.69, 9.17) is 5.73 Å². The molecule has 2 rings (SSSR count). The van der Waals surface area contributed by atoms with Crippen molar-refractivity contribution in [1.82, 2.24) is 9.97 Å². The third kappa shape index (κ3) is 3.85. The van der Waals surface area contributed by atoms with E-state index in [9.17, 15) is 14.5 Å². The molecule has 0 amide bonds. The van der Waals surface area contributed by atoms with Gasteiger partial charge in [-0.2, -0.15) is 4.98 Å². The molecular weight excluding hydrogens is 345 g/mol. The van der Waals surface area contributed by atoms with Crippen molar-refractivity contribution in [2.75, 3.05) is 17.6 Å². The van der Waals surface area contributed by atoms with Crippen molar-refractivity contribution in [3.8, 4) is 0 Å². The van der Waals surface area contributed by atoms with Gasteiger partial charge in [-0.25, -0.2) is 9.37 Å². The van der Waals surface area contributed by atoms with E-state index >= 15 is 0 Å². The Morgan fingerprint density at radius 2 is 2.24 bits per heavy atom. The van der Waals surface area contributed by atoms with Crippen molar-refractivity contribution < 1.29 is 9.31 Å². The van der Waals surface area contributed by atoms with Gasteiger partial charge in [0.05, 0.1) is 9.40 Å². The number of rotatable bonds is 5. The number of nitrogens with one attached hydrogen (secondary N) is 1. The second-order valence-corrected chi connectivity index (χ2v) is 5.00. The molecule has 0 saturated carbocycles. The van der Waals surface area contributed by atoms with Crippen LogP contribution in [0.2, 0.25) is 0 Å². The highest BCUT2D eigenvalue weighted by atomic mass is 79.9. The summed E-state index contributed by atoms with van der Waals surface area (Å²) in [7, 11) is 0. The second-order valence-electron chi connectivity index (χ2n) is 4.15. The Balaban J connectivity index is 1.95. The lowest BCUT2D eigenvalue weighted by atomic mass is 10.1. The third-order valence-corrected chi connectivity index (χ3v) is 3.28. The van der Waals surface area contributed by atoms with Gasteiger partial charge in [-0.1, -0.05) is 6.07 Å². The molecule has 0 bridgehead atoms. The molecule has 0 aliphatic heterocycles. The number of nitro groups is 1. The van der Waals surface area contributed by atoms with Gasteiger partial charge >= 0.3 is 5.69 Å². The lowest BCUT2D eigenvalue weighted by Crippen LogP contribution is -2.10. The maximum atomic E-state index is 13.1. The van der Waals surface area contributed by atoms with Gasteiger partial charge in [0.25, 0.3) is 0 Å². The van der Waals surface area contributed by atoms with E-state index in [1.54, 1.807) is 12.1 Å². The zero-order chi connectivity index (χ0) is 15.4. The number of nitrogens with zero attached hydrogens (tertiary/aromatic N) is 3. The first-order chi connectivity index (χ1) is 9.97. The quantitative estimate of drug-likeness (QED) is 0.630. The Morgan fingerprint density at radius 3 is 2.86 bits per heavy atom. The molecule has 0 radical (unpaired) electrons. The van der Waals surface area contributed by atoms with E-state index in [0.717, 1.165) is 11.8 Å². The zero-order valence-electron chi connectivity index (χ0n) is 10.7. The largest absolute Gasteiger partial charge is 0.378 e. The SMILES string of the molecule is Nc1nc(NCCc2ccc(F)c(Br)c2)ncc1[N+](=O)[O-]. The summed E-state index contributed by atoms with van der Waals surface area (Å²) < 4.78 is 13.5. The lowest BCUT2D eigenvalue weighted by molar-refractivity contribution is -0.384. The zero-order valence-corrected chi connectivity index (χ0v) is 12.3. The second kappa shape index (κ2) is 6.44. The van der Waals surface area contributed by atoms with Gasteiger partial charge in [0, 0.05) is 6.54 Å². The van der Waals surface area contributed by atoms with Crippen LogP contribution < -0.4 is 11.1 Å². The van der Waals surface area contributed by atoms with E-state index < -0.39 is 4.92 Å². The van der Waals surface area contributed by atoms with Crippen LogP contribution in [0.25, 0.3) is 0 Å². The van der Waals surface area contributed by atoms with Crippen LogP contribution in [0, 0.1) is 15.9 Å². The summed E-state index contributed by atoms with van der Waals surface area (Å²) in [6.07, 6.45) is 1.66. The summed E-state index contributed by atoms with van der Waals surface area (Å²) in [5.74, 6) is -0.306. The van der Waals surface area contributed by atoms with Crippen LogP contribution in [0.3, 0.4) is 0 Å². The molecule has 110 valence electrons. The summed E-state index contributed by atoms with van der Waals surface area (Å²) in [4.78, 5) is 17.6. The van der Waals surface area contributed by atoms with Crippen molar-refractivity contribution in [2.45, 2.75) is 6.42 Å². The van der Waals surface area contributed by atoms with Crippen molar-refractivity contribution in [3.63, 3.8) is 0 Å². The normalized spacial score (nSPS) is 10.4. The first-order valence-corrected chi connectivity index (χ1v) is 6.71. The molecule has 0 spiro atoms. The van der Waals surface area contributed by atoms with E-state index in [1.165, 1.54) is 6.07 Å². The van der Waals surface area contributed by atoms with E-state index in [2.05, 4.69) is 31.2 Å². The Kier molecular flexibility index (Phi) is 4.63. The molecule has 1 aromatic carbocycles. The smallest absolute Gasteiger partial charge is 0.329 e. The average Bonchev–Trinajstić information content (AvgIpc) is 2.42. The topological polar surface area (TPSA) is 107 Å². The maximum Gasteiger partial charge on any atom is 0.329 e. The first kappa shape index (κ1) is 15.1. The molecular formula is C12H11BrFN5O2. The Labute approximate surface area is 127 Å². The molecule has 1 heterocycles. The molecule has 21 heavy (non-hydrogen) atoms. The van der Waals surface area contributed by atoms with Crippen LogP contribution >= 0.6 is 15.9 Å². The highest BCUT2D eigenvalue weighted by molar-refractivity contribution is 9.10. The minimum atomic E-state index is -0.644. The Morgan fingerprint density at radius 1 is 1.48 bits per heavy atom. The molecule has 0 unspecified atom stereocenters. The molecule has 2 aromatic rings. The van der Waals surface area contributed by atoms with Crippen LogP contribution in [-0.2, 0) is 6.42 Å². The molecule has 0 aliphatic rings. The van der Waals surface area contributed by atoms with E-state index in [1.807, 2.05) is 0 Å². The lowest BCUT2D eigenvalue weighted by Gasteiger charge is -2.06. The molecule has 0 aliphatic carbocycles. The molecule has 3 N–H and O–H groups in total. The standard InChI is InChI=1S/C12H11BrFN5O2/c13-8-5-7(1-2-9(8)14)3-4-16-12-17-6-10(19(20)21)11(15)18-12/h1-2,5-6H,3-4H2,(H3,15,16,17,18). The fraction of sp³-hybridized carbons (Fsp3) is 0.167. The van der Waals surface area contributed by atoms with Gasteiger partial charge in [-0.3, -0.25) is 10.1 Å². The summed E-state index contributed by atoms with van der Waals surface area (Å²) >= 11 is 3.11. The number of hydrogen-bond donors (Lipinski definition) is 2. The van der Waals surface area contributed by atoms with Crippen LogP contribution in [-0.4, -0.2) is 21.4 Å². The van der Waals surface area contributed by atoms with E-state index in [-0.39, 0.29) is 23.3 Å². The van der Waals surface area contributed by atoms with Crippen molar-refractivity contribution >= 4 is 33.4 Å². The third-order valence-electron chi connectivity index (χ3n) is 2.68. The van der Waals surface area contributed by atoms with Gasteiger partial charge in [0.2, 0.25) is 11.8 Å². The fourth-order valence-electron chi connectivity index (χ4n) is 1.63. The van der Waals surface area contributed by atoms with Crippen molar-refractivity contribution in [2.24, 2.45) is 0 Å². The van der Waals surface area contributed by atoms with Gasteiger partial charge in [-0.05, 0) is 40.0 Å². The van der Waals surface area contributed by atoms with Crippen LogP contribution in [0.1, 0.15) is 5.56 Å². The maximum absolute atomic E-state index is 13.1. The highest BCUT2D eigenvalue weighted by Gasteiger charge is 2.13. The predicted octanol–water partition coefficient (Wildman–Crippen LogP) is 2.52. The van der Waals surface area contributed by atoms with Gasteiger partial charge in [0.1, 0.15) is 12.0 Å². The highest BCUT2D eigenvalue weighted by Crippen LogP contribution is 2.19. The van der Waals surface area contributed by atoms with Crippen LogP contribution in [0.4, 0.5) is 21.8 Å². The molecule has 9 heteroatoms. The van der Waals surface area contributed by atoms with E-state index in [0.29, 0.717) is 17.4 Å². The van der Waals surface area contributed by atoms with Gasteiger partial charge in [-0.15, -0.1) is 0 Å². The van der Waals surface area contributed by atoms with Crippen LogP contribution in [0.15, 0.2) is 28.9 Å². The molecule has 1 aromatic heterocycles.